The number of carbonyl (C=O) groups excluding carboxylic acids is 1. The zero-order valence-corrected chi connectivity index (χ0v) is 12.0. The van der Waals surface area contributed by atoms with Gasteiger partial charge >= 0.3 is 0 Å². The van der Waals surface area contributed by atoms with Gasteiger partial charge < -0.3 is 4.90 Å². The number of piperidine rings is 1. The second kappa shape index (κ2) is 6.14. The van der Waals surface area contributed by atoms with Gasteiger partial charge in [0.05, 0.1) is 4.92 Å². The molecule has 1 amide bonds. The fourth-order valence-corrected chi connectivity index (χ4v) is 3.07. The molecule has 0 radical (unpaired) electrons. The molecule has 0 spiro atoms. The molecule has 1 atom stereocenters. The average Bonchev–Trinajstić information content (AvgIpc) is 2.46. The van der Waals surface area contributed by atoms with Crippen LogP contribution in [0.3, 0.4) is 0 Å². The number of nitro groups is 1. The number of carbonyl (C=O) groups is 1. The van der Waals surface area contributed by atoms with Crippen LogP contribution in [-0.4, -0.2) is 33.6 Å². The first-order valence-electron chi connectivity index (χ1n) is 6.25. The number of hydrogen-bond donors (Lipinski definition) is 0. The third-order valence-electron chi connectivity index (χ3n) is 3.40. The number of likely N-dealkylation sites (tertiary alicyclic amines) is 1. The smallest absolute Gasteiger partial charge is 0.282 e. The Bertz CT molecular complexity index is 493. The van der Waals surface area contributed by atoms with Gasteiger partial charge in [0.25, 0.3) is 11.6 Å². The molecule has 0 bridgehead atoms. The lowest BCUT2D eigenvalue weighted by Crippen LogP contribution is -2.44. The number of nitrogens with zero attached hydrogens (tertiary/aromatic N) is 2. The minimum Gasteiger partial charge on any atom is -0.335 e. The Morgan fingerprint density at radius 2 is 2.16 bits per heavy atom. The maximum atomic E-state index is 12.5. The van der Waals surface area contributed by atoms with Gasteiger partial charge in [0.15, 0.2) is 0 Å². The van der Waals surface area contributed by atoms with Crippen LogP contribution in [0.4, 0.5) is 5.69 Å². The van der Waals surface area contributed by atoms with Crippen LogP contribution in [0.2, 0.25) is 0 Å². The van der Waals surface area contributed by atoms with E-state index in [1.807, 2.05) is 0 Å². The molecular formula is C13H15BrN2O3. The van der Waals surface area contributed by atoms with Crippen LogP contribution in [-0.2, 0) is 0 Å². The number of para-hydroxylation sites is 1. The first-order chi connectivity index (χ1) is 9.15. The van der Waals surface area contributed by atoms with E-state index in [2.05, 4.69) is 15.9 Å². The number of alkyl halides is 1. The van der Waals surface area contributed by atoms with Crippen molar-refractivity contribution >= 4 is 27.5 Å². The molecule has 1 unspecified atom stereocenters. The summed E-state index contributed by atoms with van der Waals surface area (Å²) in [5, 5.41) is 11.7. The molecule has 1 aromatic carbocycles. The van der Waals surface area contributed by atoms with E-state index < -0.39 is 4.92 Å². The molecule has 102 valence electrons. The number of hydrogen-bond acceptors (Lipinski definition) is 3. The molecule has 2 rings (SSSR count). The van der Waals surface area contributed by atoms with Crippen LogP contribution in [0.25, 0.3) is 0 Å². The molecule has 0 aromatic heterocycles. The van der Waals surface area contributed by atoms with Gasteiger partial charge in [-0.1, -0.05) is 28.1 Å². The van der Waals surface area contributed by atoms with E-state index >= 15 is 0 Å². The van der Waals surface area contributed by atoms with Crippen LogP contribution in [0, 0.1) is 10.1 Å². The fraction of sp³-hybridized carbons (Fsp3) is 0.462. The van der Waals surface area contributed by atoms with E-state index in [-0.39, 0.29) is 23.2 Å². The third kappa shape index (κ3) is 2.94. The summed E-state index contributed by atoms with van der Waals surface area (Å²) in [5.41, 5.74) is 0.0618. The van der Waals surface area contributed by atoms with Crippen LogP contribution in [0.5, 0.6) is 0 Å². The maximum Gasteiger partial charge on any atom is 0.282 e. The number of rotatable bonds is 3. The largest absolute Gasteiger partial charge is 0.335 e. The molecule has 1 heterocycles. The molecule has 1 aliphatic heterocycles. The molecule has 1 aromatic rings. The summed E-state index contributed by atoms with van der Waals surface area (Å²) in [4.78, 5) is 24.7. The highest BCUT2D eigenvalue weighted by Crippen LogP contribution is 2.25. The summed E-state index contributed by atoms with van der Waals surface area (Å²) in [6.07, 6.45) is 2.99. The standard InChI is InChI=1S/C13H15BrN2O3/c14-9-10-5-3-4-8-15(10)13(17)11-6-1-2-7-12(11)16(18)19/h1-2,6-7,10H,3-5,8-9H2. The van der Waals surface area contributed by atoms with Gasteiger partial charge in [-0.2, -0.15) is 0 Å². The zero-order valence-electron chi connectivity index (χ0n) is 10.4. The van der Waals surface area contributed by atoms with Crippen molar-refractivity contribution in [2.24, 2.45) is 0 Å². The van der Waals surface area contributed by atoms with Gasteiger partial charge in [0.2, 0.25) is 0 Å². The second-order valence-corrected chi connectivity index (χ2v) is 5.22. The Kier molecular flexibility index (Phi) is 4.52. The average molecular weight is 327 g/mol. The van der Waals surface area contributed by atoms with E-state index in [0.717, 1.165) is 19.3 Å². The first kappa shape index (κ1) is 14.0. The highest BCUT2D eigenvalue weighted by Gasteiger charge is 2.30. The number of amides is 1. The molecule has 1 aliphatic rings. The van der Waals surface area contributed by atoms with Crippen molar-refractivity contribution in [3.8, 4) is 0 Å². The van der Waals surface area contributed by atoms with E-state index in [9.17, 15) is 14.9 Å². The summed E-state index contributed by atoms with van der Waals surface area (Å²) in [6, 6.07) is 6.27. The summed E-state index contributed by atoms with van der Waals surface area (Å²) in [6.45, 7) is 0.668. The quantitative estimate of drug-likeness (QED) is 0.487. The van der Waals surface area contributed by atoms with Crippen molar-refractivity contribution in [3.63, 3.8) is 0 Å². The zero-order chi connectivity index (χ0) is 13.8. The Labute approximate surface area is 119 Å². The number of halogens is 1. The second-order valence-electron chi connectivity index (χ2n) is 4.58. The maximum absolute atomic E-state index is 12.5. The molecule has 0 N–H and O–H groups in total. The molecule has 0 aliphatic carbocycles. The molecule has 0 saturated carbocycles. The van der Waals surface area contributed by atoms with Crippen molar-refractivity contribution in [2.75, 3.05) is 11.9 Å². The van der Waals surface area contributed by atoms with Gasteiger partial charge in [0.1, 0.15) is 5.56 Å². The molecule has 1 fully saturated rings. The van der Waals surface area contributed by atoms with Gasteiger partial charge in [-0.25, -0.2) is 0 Å². The third-order valence-corrected chi connectivity index (χ3v) is 4.14. The highest BCUT2D eigenvalue weighted by atomic mass is 79.9. The number of nitro benzene ring substituents is 1. The van der Waals surface area contributed by atoms with Crippen LogP contribution in [0.15, 0.2) is 24.3 Å². The van der Waals surface area contributed by atoms with Crippen molar-refractivity contribution < 1.29 is 9.72 Å². The van der Waals surface area contributed by atoms with Crippen molar-refractivity contribution in [1.29, 1.82) is 0 Å². The Hall–Kier alpha value is -1.43. The summed E-state index contributed by atoms with van der Waals surface area (Å²) in [7, 11) is 0. The topological polar surface area (TPSA) is 63.4 Å². The molecule has 1 saturated heterocycles. The van der Waals surface area contributed by atoms with E-state index in [1.165, 1.54) is 12.1 Å². The molecule has 6 heteroatoms. The van der Waals surface area contributed by atoms with Gasteiger partial charge in [-0.3, -0.25) is 14.9 Å². The molecule has 5 nitrogen and oxygen atoms in total. The Morgan fingerprint density at radius 1 is 1.42 bits per heavy atom. The van der Waals surface area contributed by atoms with Crippen LogP contribution >= 0.6 is 15.9 Å². The summed E-state index contributed by atoms with van der Waals surface area (Å²) < 4.78 is 0. The lowest BCUT2D eigenvalue weighted by molar-refractivity contribution is -0.385. The predicted molar refractivity (Wildman–Crippen MR) is 75.6 cm³/mol. The normalized spacial score (nSPS) is 19.2. The lowest BCUT2D eigenvalue weighted by atomic mass is 10.0. The Balaban J connectivity index is 2.30. The highest BCUT2D eigenvalue weighted by molar-refractivity contribution is 9.09. The van der Waals surface area contributed by atoms with Crippen molar-refractivity contribution in [1.82, 2.24) is 4.90 Å². The van der Waals surface area contributed by atoms with Gasteiger partial charge in [0, 0.05) is 24.0 Å². The molecule has 19 heavy (non-hydrogen) atoms. The first-order valence-corrected chi connectivity index (χ1v) is 7.37. The fourth-order valence-electron chi connectivity index (χ4n) is 2.40. The van der Waals surface area contributed by atoms with Crippen LogP contribution in [0.1, 0.15) is 29.6 Å². The SMILES string of the molecule is O=C(c1ccccc1[N+](=O)[O-])N1CCCCC1CBr. The predicted octanol–water partition coefficient (Wildman–Crippen LogP) is 2.98. The van der Waals surface area contributed by atoms with E-state index in [1.54, 1.807) is 17.0 Å². The summed E-state index contributed by atoms with van der Waals surface area (Å²) in [5.74, 6) is -0.239. The van der Waals surface area contributed by atoms with Crippen molar-refractivity contribution in [3.05, 3.63) is 39.9 Å². The molecular weight excluding hydrogens is 312 g/mol. The van der Waals surface area contributed by atoms with Gasteiger partial charge in [-0.05, 0) is 25.3 Å². The van der Waals surface area contributed by atoms with Crippen LogP contribution < -0.4 is 0 Å². The Morgan fingerprint density at radius 3 is 2.84 bits per heavy atom. The number of benzene rings is 1. The van der Waals surface area contributed by atoms with E-state index in [4.69, 9.17) is 0 Å². The van der Waals surface area contributed by atoms with Crippen molar-refractivity contribution in [2.45, 2.75) is 25.3 Å². The van der Waals surface area contributed by atoms with E-state index in [0.29, 0.717) is 11.9 Å². The minimum atomic E-state index is -0.500. The minimum absolute atomic E-state index is 0.119. The summed E-state index contributed by atoms with van der Waals surface area (Å²) >= 11 is 3.41. The van der Waals surface area contributed by atoms with Gasteiger partial charge in [-0.15, -0.1) is 0 Å². The monoisotopic (exact) mass is 326 g/mol. The lowest BCUT2D eigenvalue weighted by Gasteiger charge is -2.34.